The van der Waals surface area contributed by atoms with Crippen molar-refractivity contribution in [3.8, 4) is 16.9 Å². The van der Waals surface area contributed by atoms with Crippen LogP contribution in [0.2, 0.25) is 0 Å². The Morgan fingerprint density at radius 1 is 0.967 bits per heavy atom. The summed E-state index contributed by atoms with van der Waals surface area (Å²) in [6, 6.07) is 16.8. The van der Waals surface area contributed by atoms with E-state index in [0.717, 1.165) is 66.6 Å². The van der Waals surface area contributed by atoms with Crippen molar-refractivity contribution in [3.05, 3.63) is 60.3 Å². The van der Waals surface area contributed by atoms with Gasteiger partial charge < -0.3 is 9.64 Å². The second-order valence-electron chi connectivity index (χ2n) is 8.36. The molecule has 0 N–H and O–H groups in total. The minimum absolute atomic E-state index is 0. The van der Waals surface area contributed by atoms with Crippen LogP contribution in [-0.2, 0) is 4.79 Å². The molecule has 1 aliphatic carbocycles. The van der Waals surface area contributed by atoms with Gasteiger partial charge in [0.1, 0.15) is 11.9 Å². The second kappa shape index (κ2) is 8.65. The number of piperidine rings is 1. The summed E-state index contributed by atoms with van der Waals surface area (Å²) in [5, 5.41) is 1.16. The van der Waals surface area contributed by atoms with E-state index < -0.39 is 0 Å². The molecule has 2 fully saturated rings. The molecule has 0 spiro atoms. The third-order valence-electron chi connectivity index (χ3n) is 6.01. The Hall–Kier alpha value is -2.59. The van der Waals surface area contributed by atoms with Crippen LogP contribution in [-0.4, -0.2) is 35.0 Å². The van der Waals surface area contributed by atoms with Crippen LogP contribution in [0, 0.1) is 12.8 Å². The highest BCUT2D eigenvalue weighted by molar-refractivity contribution is 5.85. The van der Waals surface area contributed by atoms with Gasteiger partial charge in [0.25, 0.3) is 0 Å². The van der Waals surface area contributed by atoms with Crippen molar-refractivity contribution >= 4 is 29.2 Å². The summed E-state index contributed by atoms with van der Waals surface area (Å²) in [5.41, 5.74) is 4.51. The van der Waals surface area contributed by atoms with Crippen molar-refractivity contribution in [2.24, 2.45) is 5.92 Å². The minimum atomic E-state index is 0. The highest BCUT2D eigenvalue weighted by Gasteiger charge is 2.35. The SMILES string of the molecule is Cc1ccc2ncc(-c3ccc(OC4CCN(C(=O)C5CC5)CC4)cc3)cc2c1.Cl. The van der Waals surface area contributed by atoms with Crippen LogP contribution in [0.4, 0.5) is 0 Å². The van der Waals surface area contributed by atoms with Crippen LogP contribution in [0.1, 0.15) is 31.2 Å². The second-order valence-corrected chi connectivity index (χ2v) is 8.36. The Morgan fingerprint density at radius 3 is 2.40 bits per heavy atom. The molecule has 1 saturated heterocycles. The number of rotatable bonds is 4. The average Bonchev–Trinajstić information content (AvgIpc) is 3.59. The van der Waals surface area contributed by atoms with Crippen molar-refractivity contribution in [3.63, 3.8) is 0 Å². The number of carbonyl (C=O) groups is 1. The third kappa shape index (κ3) is 4.44. The Balaban J connectivity index is 0.00000218. The Morgan fingerprint density at radius 2 is 1.70 bits per heavy atom. The fraction of sp³-hybridized carbons (Fsp3) is 0.360. The van der Waals surface area contributed by atoms with Crippen molar-refractivity contribution in [1.29, 1.82) is 0 Å². The summed E-state index contributed by atoms with van der Waals surface area (Å²) in [7, 11) is 0. The van der Waals surface area contributed by atoms with Crippen molar-refractivity contribution in [1.82, 2.24) is 9.88 Å². The highest BCUT2D eigenvalue weighted by atomic mass is 35.5. The van der Waals surface area contributed by atoms with Gasteiger partial charge in [0, 0.05) is 49.0 Å². The van der Waals surface area contributed by atoms with Crippen molar-refractivity contribution in [2.45, 2.75) is 38.7 Å². The van der Waals surface area contributed by atoms with E-state index in [2.05, 4.69) is 48.3 Å². The Kier molecular flexibility index (Phi) is 5.96. The summed E-state index contributed by atoms with van der Waals surface area (Å²) >= 11 is 0. The molecule has 1 aromatic heterocycles. The Bertz CT molecular complexity index is 1040. The predicted octanol–water partition coefficient (Wildman–Crippen LogP) is 5.41. The van der Waals surface area contributed by atoms with Crippen molar-refractivity contribution < 1.29 is 9.53 Å². The number of carbonyl (C=O) groups excluding carboxylic acids is 1. The molecule has 5 rings (SSSR count). The van der Waals surface area contributed by atoms with Gasteiger partial charge in [0.2, 0.25) is 5.91 Å². The number of pyridine rings is 1. The third-order valence-corrected chi connectivity index (χ3v) is 6.01. The van der Waals surface area contributed by atoms with Crippen LogP contribution < -0.4 is 4.74 Å². The molecule has 4 nitrogen and oxygen atoms in total. The molecule has 0 unspecified atom stereocenters. The monoisotopic (exact) mass is 422 g/mol. The van der Waals surface area contributed by atoms with Gasteiger partial charge >= 0.3 is 0 Å². The lowest BCUT2D eigenvalue weighted by Gasteiger charge is -2.32. The van der Waals surface area contributed by atoms with Gasteiger partial charge in [0.05, 0.1) is 5.52 Å². The van der Waals surface area contributed by atoms with Gasteiger partial charge in [-0.05, 0) is 55.7 Å². The maximum atomic E-state index is 12.2. The number of nitrogens with zero attached hydrogens (tertiary/aromatic N) is 2. The zero-order valence-electron chi connectivity index (χ0n) is 17.2. The molecular formula is C25H27ClN2O2. The minimum Gasteiger partial charge on any atom is -0.490 e. The largest absolute Gasteiger partial charge is 0.490 e. The first-order valence-corrected chi connectivity index (χ1v) is 10.6. The highest BCUT2D eigenvalue weighted by Crippen LogP contribution is 2.32. The molecule has 156 valence electrons. The molecule has 0 atom stereocenters. The standard InChI is InChI=1S/C25H26N2O2.ClH/c1-17-2-9-24-20(14-17)15-21(16-26-24)18-5-7-22(8-6-18)29-23-10-12-27(13-11-23)25(28)19-3-4-19;/h2,5-9,14-16,19,23H,3-4,10-13H2,1H3;1H. The van der Waals surface area contributed by atoms with Crippen molar-refractivity contribution in [2.75, 3.05) is 13.1 Å². The zero-order valence-corrected chi connectivity index (χ0v) is 18.0. The first-order valence-electron chi connectivity index (χ1n) is 10.6. The molecule has 2 aromatic carbocycles. The number of amides is 1. The number of hydrogen-bond acceptors (Lipinski definition) is 3. The van der Waals surface area contributed by atoms with Crippen LogP contribution in [0.25, 0.3) is 22.0 Å². The van der Waals surface area contributed by atoms with Gasteiger partial charge in [-0.15, -0.1) is 12.4 Å². The molecular weight excluding hydrogens is 396 g/mol. The molecule has 2 aliphatic rings. The van der Waals surface area contributed by atoms with Crippen LogP contribution in [0.15, 0.2) is 54.7 Å². The predicted molar refractivity (Wildman–Crippen MR) is 122 cm³/mol. The van der Waals surface area contributed by atoms with E-state index in [1.54, 1.807) is 0 Å². The number of benzene rings is 2. The molecule has 1 aliphatic heterocycles. The molecule has 1 amide bonds. The van der Waals surface area contributed by atoms with E-state index >= 15 is 0 Å². The molecule has 2 heterocycles. The smallest absolute Gasteiger partial charge is 0.225 e. The van der Waals surface area contributed by atoms with Gasteiger partial charge in [-0.2, -0.15) is 0 Å². The van der Waals surface area contributed by atoms with Gasteiger partial charge in [-0.3, -0.25) is 9.78 Å². The maximum absolute atomic E-state index is 12.2. The summed E-state index contributed by atoms with van der Waals surface area (Å²) in [4.78, 5) is 18.8. The van der Waals surface area contributed by atoms with Crippen LogP contribution >= 0.6 is 12.4 Å². The lowest BCUT2D eigenvalue weighted by atomic mass is 10.0. The molecule has 5 heteroatoms. The lowest BCUT2D eigenvalue weighted by Crippen LogP contribution is -2.42. The normalized spacial score (nSPS) is 16.9. The summed E-state index contributed by atoms with van der Waals surface area (Å²) < 4.78 is 6.18. The summed E-state index contributed by atoms with van der Waals surface area (Å²) in [6.07, 6.45) is 6.10. The molecule has 3 aromatic rings. The summed E-state index contributed by atoms with van der Waals surface area (Å²) in [6.45, 7) is 3.74. The van der Waals surface area contributed by atoms with E-state index in [1.165, 1.54) is 5.56 Å². The molecule has 30 heavy (non-hydrogen) atoms. The number of hydrogen-bond donors (Lipinski definition) is 0. The number of aromatic nitrogens is 1. The quantitative estimate of drug-likeness (QED) is 0.564. The van der Waals surface area contributed by atoms with Gasteiger partial charge in [0.15, 0.2) is 0 Å². The molecule has 0 radical (unpaired) electrons. The van der Waals surface area contributed by atoms with E-state index in [9.17, 15) is 4.79 Å². The number of aryl methyl sites for hydroxylation is 1. The first-order chi connectivity index (χ1) is 14.2. The molecule has 0 bridgehead atoms. The number of fused-ring (bicyclic) bond motifs is 1. The van der Waals surface area contributed by atoms with E-state index in [4.69, 9.17) is 4.74 Å². The fourth-order valence-electron chi connectivity index (χ4n) is 4.11. The number of ether oxygens (including phenoxy) is 1. The average molecular weight is 423 g/mol. The fourth-order valence-corrected chi connectivity index (χ4v) is 4.11. The number of halogens is 1. The molecule has 1 saturated carbocycles. The lowest BCUT2D eigenvalue weighted by molar-refractivity contribution is -0.134. The maximum Gasteiger partial charge on any atom is 0.225 e. The first kappa shape index (κ1) is 20.7. The zero-order chi connectivity index (χ0) is 19.8. The van der Waals surface area contributed by atoms with E-state index in [1.807, 2.05) is 23.2 Å². The van der Waals surface area contributed by atoms with E-state index in [0.29, 0.717) is 11.8 Å². The van der Waals surface area contributed by atoms with Crippen LogP contribution in [0.3, 0.4) is 0 Å². The number of likely N-dealkylation sites (tertiary alicyclic amines) is 1. The Labute approximate surface area is 183 Å². The van der Waals surface area contributed by atoms with E-state index in [-0.39, 0.29) is 18.5 Å². The van der Waals surface area contributed by atoms with Crippen LogP contribution in [0.5, 0.6) is 5.75 Å². The van der Waals surface area contributed by atoms with Gasteiger partial charge in [-0.1, -0.05) is 23.8 Å². The topological polar surface area (TPSA) is 42.4 Å². The van der Waals surface area contributed by atoms with Gasteiger partial charge in [-0.25, -0.2) is 0 Å². The summed E-state index contributed by atoms with van der Waals surface area (Å²) in [5.74, 6) is 1.56.